The lowest BCUT2D eigenvalue weighted by atomic mass is 10.1. The molecule has 0 spiro atoms. The highest BCUT2D eigenvalue weighted by atomic mass is 19.1. The number of halogens is 1. The van der Waals surface area contributed by atoms with Crippen molar-refractivity contribution in [3.8, 4) is 0 Å². The van der Waals surface area contributed by atoms with Crippen LogP contribution in [-0.2, 0) is 11.3 Å². The second-order valence-corrected chi connectivity index (χ2v) is 5.17. The molecule has 0 aromatic heterocycles. The molecule has 1 atom stereocenters. The predicted molar refractivity (Wildman–Crippen MR) is 82.8 cm³/mol. The molecule has 4 heteroatoms. The summed E-state index contributed by atoms with van der Waals surface area (Å²) in [6.45, 7) is 6.37. The van der Waals surface area contributed by atoms with Gasteiger partial charge in [-0.05, 0) is 25.0 Å². The molecule has 0 saturated carbocycles. The molecule has 1 rings (SSSR count). The standard InChI is InChI=1S/C16H27FN2O/c1-5-7-13(2)19(3)16-14(8-6-9-15(16)17)12-18-10-11-20-4/h6,8-9,13,18H,5,7,10-12H2,1-4H3. The van der Waals surface area contributed by atoms with Crippen LogP contribution in [0.5, 0.6) is 0 Å². The SMILES string of the molecule is CCCC(C)N(C)c1c(F)cccc1CNCCOC. The fourth-order valence-corrected chi connectivity index (χ4v) is 2.33. The third-order valence-electron chi connectivity index (χ3n) is 3.59. The van der Waals surface area contributed by atoms with Gasteiger partial charge in [0.2, 0.25) is 0 Å². The zero-order valence-electron chi connectivity index (χ0n) is 13.1. The normalized spacial score (nSPS) is 12.4. The molecule has 1 unspecified atom stereocenters. The molecule has 1 aromatic rings. The number of nitrogens with zero attached hydrogens (tertiary/aromatic N) is 1. The Kier molecular flexibility index (Phi) is 7.55. The lowest BCUT2D eigenvalue weighted by Crippen LogP contribution is -2.31. The molecule has 1 aromatic carbocycles. The number of hydrogen-bond acceptors (Lipinski definition) is 3. The van der Waals surface area contributed by atoms with Gasteiger partial charge in [0.25, 0.3) is 0 Å². The second kappa shape index (κ2) is 8.93. The number of para-hydroxylation sites is 1. The number of ether oxygens (including phenoxy) is 1. The van der Waals surface area contributed by atoms with Gasteiger partial charge in [-0.25, -0.2) is 4.39 Å². The molecular weight excluding hydrogens is 255 g/mol. The van der Waals surface area contributed by atoms with Gasteiger partial charge in [-0.3, -0.25) is 0 Å². The van der Waals surface area contributed by atoms with E-state index < -0.39 is 0 Å². The maximum atomic E-state index is 14.2. The highest BCUT2D eigenvalue weighted by molar-refractivity contribution is 5.55. The third-order valence-corrected chi connectivity index (χ3v) is 3.59. The van der Waals surface area contributed by atoms with Crippen LogP contribution in [-0.4, -0.2) is 33.4 Å². The van der Waals surface area contributed by atoms with E-state index in [2.05, 4.69) is 19.2 Å². The summed E-state index contributed by atoms with van der Waals surface area (Å²) < 4.78 is 19.2. The van der Waals surface area contributed by atoms with Gasteiger partial charge in [-0.1, -0.05) is 25.5 Å². The Labute approximate surface area is 122 Å². The molecule has 0 fully saturated rings. The van der Waals surface area contributed by atoms with Gasteiger partial charge in [0.05, 0.1) is 12.3 Å². The molecule has 1 N–H and O–H groups in total. The van der Waals surface area contributed by atoms with Crippen LogP contribution in [0.25, 0.3) is 0 Å². The van der Waals surface area contributed by atoms with E-state index in [-0.39, 0.29) is 5.82 Å². The van der Waals surface area contributed by atoms with E-state index >= 15 is 0 Å². The maximum Gasteiger partial charge on any atom is 0.146 e. The minimum Gasteiger partial charge on any atom is -0.383 e. The number of benzene rings is 1. The lowest BCUT2D eigenvalue weighted by Gasteiger charge is -2.29. The molecule has 0 aliphatic heterocycles. The minimum absolute atomic E-state index is 0.151. The summed E-state index contributed by atoms with van der Waals surface area (Å²) in [7, 11) is 3.65. The quantitative estimate of drug-likeness (QED) is 0.704. The van der Waals surface area contributed by atoms with Crippen molar-refractivity contribution in [3.05, 3.63) is 29.6 Å². The Morgan fingerprint density at radius 2 is 2.15 bits per heavy atom. The van der Waals surface area contributed by atoms with Crippen LogP contribution >= 0.6 is 0 Å². The molecule has 20 heavy (non-hydrogen) atoms. The molecule has 0 bridgehead atoms. The number of nitrogens with one attached hydrogen (secondary N) is 1. The summed E-state index contributed by atoms with van der Waals surface area (Å²) in [5.74, 6) is -0.151. The molecule has 0 radical (unpaired) electrons. The first-order valence-electron chi connectivity index (χ1n) is 7.31. The van der Waals surface area contributed by atoms with Crippen LogP contribution in [0.15, 0.2) is 18.2 Å². The molecule has 0 saturated heterocycles. The van der Waals surface area contributed by atoms with E-state index in [0.29, 0.717) is 24.9 Å². The monoisotopic (exact) mass is 282 g/mol. The van der Waals surface area contributed by atoms with E-state index in [1.807, 2.05) is 18.0 Å². The molecule has 0 amide bonds. The van der Waals surface area contributed by atoms with Crippen LogP contribution < -0.4 is 10.2 Å². The van der Waals surface area contributed by atoms with E-state index in [4.69, 9.17) is 4.74 Å². The highest BCUT2D eigenvalue weighted by Gasteiger charge is 2.16. The molecule has 0 heterocycles. The summed E-state index contributed by atoms with van der Waals surface area (Å²) >= 11 is 0. The van der Waals surface area contributed by atoms with Gasteiger partial charge in [-0.2, -0.15) is 0 Å². The van der Waals surface area contributed by atoms with Gasteiger partial charge < -0.3 is 15.0 Å². The zero-order chi connectivity index (χ0) is 15.0. The number of hydrogen-bond donors (Lipinski definition) is 1. The average molecular weight is 282 g/mol. The minimum atomic E-state index is -0.151. The zero-order valence-corrected chi connectivity index (χ0v) is 13.1. The van der Waals surface area contributed by atoms with Crippen molar-refractivity contribution in [2.75, 3.05) is 32.2 Å². The van der Waals surface area contributed by atoms with Crippen molar-refractivity contribution in [1.29, 1.82) is 0 Å². The van der Waals surface area contributed by atoms with E-state index in [1.165, 1.54) is 6.07 Å². The van der Waals surface area contributed by atoms with Crippen LogP contribution in [0.3, 0.4) is 0 Å². The van der Waals surface area contributed by atoms with Gasteiger partial charge in [0.15, 0.2) is 0 Å². The van der Waals surface area contributed by atoms with Gasteiger partial charge >= 0.3 is 0 Å². The Morgan fingerprint density at radius 1 is 1.40 bits per heavy atom. The average Bonchev–Trinajstić information content (AvgIpc) is 2.43. The Bertz CT molecular complexity index is 398. The van der Waals surface area contributed by atoms with Crippen LogP contribution in [0.4, 0.5) is 10.1 Å². The number of anilines is 1. The number of methoxy groups -OCH3 is 1. The largest absolute Gasteiger partial charge is 0.383 e. The van der Waals surface area contributed by atoms with Crippen molar-refractivity contribution in [1.82, 2.24) is 5.32 Å². The van der Waals surface area contributed by atoms with Crippen molar-refractivity contribution in [3.63, 3.8) is 0 Å². The Balaban J connectivity index is 2.81. The van der Waals surface area contributed by atoms with Gasteiger partial charge in [-0.15, -0.1) is 0 Å². The fourth-order valence-electron chi connectivity index (χ4n) is 2.33. The maximum absolute atomic E-state index is 14.2. The van der Waals surface area contributed by atoms with Gasteiger partial charge in [0, 0.05) is 33.3 Å². The summed E-state index contributed by atoms with van der Waals surface area (Å²) in [6.07, 6.45) is 2.16. The molecular formula is C16H27FN2O. The number of rotatable bonds is 9. The predicted octanol–water partition coefficient (Wildman–Crippen LogP) is 3.19. The summed E-state index contributed by atoms with van der Waals surface area (Å²) in [4.78, 5) is 2.05. The van der Waals surface area contributed by atoms with Crippen LogP contribution in [0.1, 0.15) is 32.3 Å². The second-order valence-electron chi connectivity index (χ2n) is 5.17. The smallest absolute Gasteiger partial charge is 0.146 e. The first-order valence-corrected chi connectivity index (χ1v) is 7.31. The van der Waals surface area contributed by atoms with Crippen molar-refractivity contribution in [2.24, 2.45) is 0 Å². The summed E-state index contributed by atoms with van der Waals surface area (Å²) in [6, 6.07) is 5.61. The van der Waals surface area contributed by atoms with E-state index in [9.17, 15) is 4.39 Å². The van der Waals surface area contributed by atoms with E-state index in [0.717, 1.165) is 24.9 Å². The lowest BCUT2D eigenvalue weighted by molar-refractivity contribution is 0.199. The molecule has 3 nitrogen and oxygen atoms in total. The first kappa shape index (κ1) is 16.9. The Hall–Kier alpha value is -1.13. The molecule has 114 valence electrons. The van der Waals surface area contributed by atoms with Crippen LogP contribution in [0, 0.1) is 5.82 Å². The Morgan fingerprint density at radius 3 is 2.80 bits per heavy atom. The van der Waals surface area contributed by atoms with E-state index in [1.54, 1.807) is 13.2 Å². The van der Waals surface area contributed by atoms with Crippen LogP contribution in [0.2, 0.25) is 0 Å². The van der Waals surface area contributed by atoms with Crippen molar-refractivity contribution in [2.45, 2.75) is 39.3 Å². The summed E-state index contributed by atoms with van der Waals surface area (Å²) in [5.41, 5.74) is 1.70. The van der Waals surface area contributed by atoms with Gasteiger partial charge in [0.1, 0.15) is 5.82 Å². The van der Waals surface area contributed by atoms with Crippen molar-refractivity contribution >= 4 is 5.69 Å². The molecule has 0 aliphatic carbocycles. The topological polar surface area (TPSA) is 24.5 Å². The highest BCUT2D eigenvalue weighted by Crippen LogP contribution is 2.26. The third kappa shape index (κ3) is 4.76. The first-order chi connectivity index (χ1) is 9.61. The van der Waals surface area contributed by atoms with Crippen molar-refractivity contribution < 1.29 is 9.13 Å². The fraction of sp³-hybridized carbons (Fsp3) is 0.625. The summed E-state index contributed by atoms with van der Waals surface area (Å²) in [5, 5.41) is 3.28. The molecule has 0 aliphatic rings.